The number of ether oxygens (including phenoxy) is 1. The fourth-order valence-corrected chi connectivity index (χ4v) is 1.39. The van der Waals surface area contributed by atoms with Crippen LogP contribution >= 0.6 is 0 Å². The number of carboxylic acid groups (broad SMARTS) is 1. The van der Waals surface area contributed by atoms with Gasteiger partial charge < -0.3 is 20.5 Å². The highest BCUT2D eigenvalue weighted by molar-refractivity contribution is 6.02. The largest absolute Gasteiger partial charge is 0.494 e. The van der Waals surface area contributed by atoms with Crippen molar-refractivity contribution in [3.63, 3.8) is 0 Å². The summed E-state index contributed by atoms with van der Waals surface area (Å²) in [5.41, 5.74) is 0.884. The lowest BCUT2D eigenvalue weighted by Crippen LogP contribution is -2.10. The first-order valence-corrected chi connectivity index (χ1v) is 5.60. The topological polar surface area (TPSA) is 105 Å². The van der Waals surface area contributed by atoms with Crippen LogP contribution in [0.4, 0.5) is 11.4 Å². The fraction of sp³-hybridized carbons (Fsp3) is 0.154. The van der Waals surface area contributed by atoms with Gasteiger partial charge in [0.1, 0.15) is 5.75 Å². The van der Waals surface area contributed by atoms with Crippen LogP contribution in [0.25, 0.3) is 0 Å². The molecular formula is C13H14N2O5. The highest BCUT2D eigenvalue weighted by atomic mass is 16.5. The molecule has 1 aromatic carbocycles. The molecule has 3 N–H and O–H groups in total. The average molecular weight is 278 g/mol. The fourth-order valence-electron chi connectivity index (χ4n) is 1.39. The highest BCUT2D eigenvalue weighted by Gasteiger charge is 2.07. The van der Waals surface area contributed by atoms with Gasteiger partial charge in [-0.15, -0.1) is 0 Å². The summed E-state index contributed by atoms with van der Waals surface area (Å²) in [4.78, 5) is 32.7. The van der Waals surface area contributed by atoms with Crippen molar-refractivity contribution in [1.29, 1.82) is 0 Å². The number of carboxylic acids is 1. The van der Waals surface area contributed by atoms with Gasteiger partial charge >= 0.3 is 5.97 Å². The van der Waals surface area contributed by atoms with E-state index in [4.69, 9.17) is 9.84 Å². The minimum absolute atomic E-state index is 0.246. The van der Waals surface area contributed by atoms with Crippen molar-refractivity contribution in [2.45, 2.75) is 6.92 Å². The van der Waals surface area contributed by atoms with E-state index in [0.29, 0.717) is 17.1 Å². The molecular weight excluding hydrogens is 264 g/mol. The molecule has 1 rings (SSSR count). The molecule has 0 unspecified atom stereocenters. The lowest BCUT2D eigenvalue weighted by atomic mass is 10.2. The molecule has 106 valence electrons. The van der Waals surface area contributed by atoms with Crippen molar-refractivity contribution in [1.82, 2.24) is 0 Å². The number of nitrogens with one attached hydrogen (secondary N) is 2. The predicted octanol–water partition coefficient (Wildman–Crippen LogP) is 1.23. The summed E-state index contributed by atoms with van der Waals surface area (Å²) in [5.74, 6) is -1.66. The summed E-state index contributed by atoms with van der Waals surface area (Å²) < 4.78 is 5.09. The Morgan fingerprint density at radius 1 is 1.20 bits per heavy atom. The Bertz CT molecular complexity index is 566. The van der Waals surface area contributed by atoms with E-state index in [2.05, 4.69) is 10.6 Å². The van der Waals surface area contributed by atoms with Gasteiger partial charge in [-0.1, -0.05) is 0 Å². The number of hydrogen-bond acceptors (Lipinski definition) is 4. The molecule has 7 heteroatoms. The zero-order valence-electron chi connectivity index (χ0n) is 11.0. The number of hydrogen-bond donors (Lipinski definition) is 3. The smallest absolute Gasteiger partial charge is 0.328 e. The van der Waals surface area contributed by atoms with Crippen LogP contribution in [0.1, 0.15) is 6.92 Å². The van der Waals surface area contributed by atoms with Gasteiger partial charge in [-0.3, -0.25) is 9.59 Å². The normalized spacial score (nSPS) is 10.1. The van der Waals surface area contributed by atoms with E-state index in [1.807, 2.05) is 0 Å². The molecule has 0 saturated heterocycles. The first-order chi connectivity index (χ1) is 9.42. The van der Waals surface area contributed by atoms with E-state index < -0.39 is 11.9 Å². The molecule has 7 nitrogen and oxygen atoms in total. The minimum atomic E-state index is -1.21. The number of benzene rings is 1. The van der Waals surface area contributed by atoms with Crippen molar-refractivity contribution < 1.29 is 24.2 Å². The summed E-state index contributed by atoms with van der Waals surface area (Å²) >= 11 is 0. The quantitative estimate of drug-likeness (QED) is 0.703. The van der Waals surface area contributed by atoms with Crippen LogP contribution in [-0.4, -0.2) is 30.0 Å². The molecule has 0 saturated carbocycles. The van der Waals surface area contributed by atoms with E-state index >= 15 is 0 Å². The Balaban J connectivity index is 2.85. The lowest BCUT2D eigenvalue weighted by molar-refractivity contribution is -0.131. The van der Waals surface area contributed by atoms with Gasteiger partial charge in [0.15, 0.2) is 0 Å². The molecule has 0 aromatic heterocycles. The number of rotatable bonds is 5. The van der Waals surface area contributed by atoms with E-state index in [-0.39, 0.29) is 5.91 Å². The van der Waals surface area contributed by atoms with E-state index in [0.717, 1.165) is 12.2 Å². The SMILES string of the molecule is COc1cc(NC(=O)/C=C/C(=O)O)ccc1NC(C)=O. The third-order valence-corrected chi connectivity index (χ3v) is 2.16. The molecule has 0 atom stereocenters. The van der Waals surface area contributed by atoms with Crippen LogP contribution in [0.2, 0.25) is 0 Å². The van der Waals surface area contributed by atoms with Gasteiger partial charge in [-0.05, 0) is 12.1 Å². The molecule has 20 heavy (non-hydrogen) atoms. The van der Waals surface area contributed by atoms with Crippen LogP contribution in [0.3, 0.4) is 0 Å². The Kier molecular flexibility index (Phi) is 5.28. The Labute approximate surface area is 115 Å². The van der Waals surface area contributed by atoms with E-state index in [1.165, 1.54) is 20.1 Å². The number of aliphatic carboxylic acids is 1. The number of carbonyl (C=O) groups is 3. The predicted molar refractivity (Wildman–Crippen MR) is 72.7 cm³/mol. The van der Waals surface area contributed by atoms with Crippen LogP contribution in [0, 0.1) is 0 Å². The first kappa shape index (κ1) is 15.2. The molecule has 0 fully saturated rings. The van der Waals surface area contributed by atoms with Gasteiger partial charge in [0.25, 0.3) is 0 Å². The van der Waals surface area contributed by atoms with E-state index in [1.54, 1.807) is 12.1 Å². The second-order valence-electron chi connectivity index (χ2n) is 3.76. The third-order valence-electron chi connectivity index (χ3n) is 2.16. The second kappa shape index (κ2) is 6.93. The second-order valence-corrected chi connectivity index (χ2v) is 3.76. The number of amides is 2. The van der Waals surface area contributed by atoms with Crippen molar-refractivity contribution in [3.05, 3.63) is 30.4 Å². The highest BCUT2D eigenvalue weighted by Crippen LogP contribution is 2.27. The number of methoxy groups -OCH3 is 1. The Morgan fingerprint density at radius 2 is 1.90 bits per heavy atom. The van der Waals surface area contributed by atoms with Crippen molar-refractivity contribution >= 4 is 29.2 Å². The summed E-state index contributed by atoms with van der Waals surface area (Å²) in [6, 6.07) is 4.63. The number of anilines is 2. The van der Waals surface area contributed by atoms with Crippen molar-refractivity contribution in [3.8, 4) is 5.75 Å². The molecule has 0 aliphatic rings. The molecule has 0 bridgehead atoms. The van der Waals surface area contributed by atoms with Gasteiger partial charge in [0.2, 0.25) is 11.8 Å². The monoisotopic (exact) mass is 278 g/mol. The molecule has 0 aliphatic carbocycles. The zero-order valence-corrected chi connectivity index (χ0v) is 11.0. The summed E-state index contributed by atoms with van der Waals surface area (Å²) in [6.45, 7) is 1.37. The van der Waals surface area contributed by atoms with Gasteiger partial charge in [0.05, 0.1) is 12.8 Å². The Hall–Kier alpha value is -2.83. The number of carbonyl (C=O) groups excluding carboxylic acids is 2. The maximum absolute atomic E-state index is 11.4. The summed E-state index contributed by atoms with van der Waals surface area (Å²) in [7, 11) is 1.43. The maximum Gasteiger partial charge on any atom is 0.328 e. The molecule has 2 amide bonds. The van der Waals surface area contributed by atoms with Gasteiger partial charge in [-0.2, -0.15) is 0 Å². The molecule has 0 heterocycles. The average Bonchev–Trinajstić information content (AvgIpc) is 2.37. The molecule has 0 radical (unpaired) electrons. The van der Waals surface area contributed by atoms with E-state index in [9.17, 15) is 14.4 Å². The third kappa shape index (κ3) is 4.81. The van der Waals surface area contributed by atoms with Crippen LogP contribution in [-0.2, 0) is 14.4 Å². The summed E-state index contributed by atoms with van der Waals surface area (Å²) in [5, 5.41) is 13.5. The van der Waals surface area contributed by atoms with Crippen LogP contribution < -0.4 is 15.4 Å². The van der Waals surface area contributed by atoms with Gasteiger partial charge in [0, 0.05) is 30.8 Å². The lowest BCUT2D eigenvalue weighted by Gasteiger charge is -2.11. The van der Waals surface area contributed by atoms with Crippen LogP contribution in [0.15, 0.2) is 30.4 Å². The molecule has 0 spiro atoms. The summed E-state index contributed by atoms with van der Waals surface area (Å²) in [6.07, 6.45) is 1.63. The van der Waals surface area contributed by atoms with Crippen molar-refractivity contribution in [2.24, 2.45) is 0 Å². The molecule has 1 aromatic rings. The standard InChI is InChI=1S/C13H14N2O5/c1-8(16)14-10-4-3-9(7-11(10)20-2)15-12(17)5-6-13(18)19/h3-7H,1-2H3,(H,14,16)(H,15,17)(H,18,19)/b6-5+. The van der Waals surface area contributed by atoms with Crippen LogP contribution in [0.5, 0.6) is 5.75 Å². The maximum atomic E-state index is 11.4. The zero-order chi connectivity index (χ0) is 15.1. The van der Waals surface area contributed by atoms with Gasteiger partial charge in [-0.25, -0.2) is 4.79 Å². The Morgan fingerprint density at radius 3 is 2.45 bits per heavy atom. The van der Waals surface area contributed by atoms with Crippen molar-refractivity contribution in [2.75, 3.05) is 17.7 Å². The minimum Gasteiger partial charge on any atom is -0.494 e. The first-order valence-electron chi connectivity index (χ1n) is 5.60. The molecule has 0 aliphatic heterocycles.